The fourth-order valence-electron chi connectivity index (χ4n) is 1.57. The van der Waals surface area contributed by atoms with Crippen molar-refractivity contribution in [2.45, 2.75) is 32.3 Å². The zero-order valence-corrected chi connectivity index (χ0v) is 12.9. The van der Waals surface area contributed by atoms with Crippen molar-refractivity contribution in [1.29, 1.82) is 5.26 Å². The normalized spacial score (nSPS) is 12.2. The monoisotopic (exact) mass is 310 g/mol. The lowest BCUT2D eigenvalue weighted by atomic mass is 9.96. The predicted molar refractivity (Wildman–Crippen MR) is 74.8 cm³/mol. The standard InChI is InChI=1S/C14H15ClN2O4/c1-14(2,3)21-13(19)9(6-16)8-5-11(15)17-7-10(8)12(18)20-4/h5,7,9H,1-4H3. The summed E-state index contributed by atoms with van der Waals surface area (Å²) in [5.41, 5.74) is -0.646. The molecular formula is C14H15ClN2O4. The number of halogens is 1. The molecule has 1 heterocycles. The van der Waals surface area contributed by atoms with Crippen LogP contribution in [0.15, 0.2) is 12.3 Å². The Morgan fingerprint density at radius 2 is 2.05 bits per heavy atom. The number of rotatable bonds is 3. The molecule has 0 saturated heterocycles. The van der Waals surface area contributed by atoms with Gasteiger partial charge in [0.15, 0.2) is 5.92 Å². The van der Waals surface area contributed by atoms with Gasteiger partial charge in [0.2, 0.25) is 0 Å². The van der Waals surface area contributed by atoms with Crippen molar-refractivity contribution < 1.29 is 19.1 Å². The molecule has 112 valence electrons. The number of nitriles is 1. The number of hydrogen-bond donors (Lipinski definition) is 0. The summed E-state index contributed by atoms with van der Waals surface area (Å²) >= 11 is 5.78. The van der Waals surface area contributed by atoms with Crippen LogP contribution in [0.5, 0.6) is 0 Å². The average molecular weight is 311 g/mol. The molecule has 0 fully saturated rings. The van der Waals surface area contributed by atoms with E-state index in [2.05, 4.69) is 9.72 Å². The number of carbonyl (C=O) groups excluding carboxylic acids is 2. The first kappa shape index (κ1) is 16.9. The van der Waals surface area contributed by atoms with Gasteiger partial charge in [-0.05, 0) is 32.4 Å². The van der Waals surface area contributed by atoms with Crippen molar-refractivity contribution in [3.05, 3.63) is 28.5 Å². The van der Waals surface area contributed by atoms with Gasteiger partial charge in [0.25, 0.3) is 0 Å². The Bertz CT molecular complexity index is 602. The van der Waals surface area contributed by atoms with Crippen LogP contribution in [0.2, 0.25) is 5.15 Å². The van der Waals surface area contributed by atoms with Gasteiger partial charge in [0.05, 0.1) is 18.7 Å². The minimum Gasteiger partial charge on any atom is -0.465 e. The van der Waals surface area contributed by atoms with E-state index in [1.165, 1.54) is 13.2 Å². The maximum absolute atomic E-state index is 12.1. The fraction of sp³-hybridized carbons (Fsp3) is 0.429. The van der Waals surface area contributed by atoms with Crippen molar-refractivity contribution in [3.63, 3.8) is 0 Å². The lowest BCUT2D eigenvalue weighted by molar-refractivity contribution is -0.155. The molecule has 21 heavy (non-hydrogen) atoms. The van der Waals surface area contributed by atoms with E-state index in [0.717, 1.165) is 6.20 Å². The van der Waals surface area contributed by atoms with Crippen LogP contribution in [0.25, 0.3) is 0 Å². The topological polar surface area (TPSA) is 89.3 Å². The predicted octanol–water partition coefficient (Wildman–Crippen LogP) is 2.47. The van der Waals surface area contributed by atoms with Crippen LogP contribution >= 0.6 is 11.6 Å². The molecule has 0 saturated carbocycles. The lowest BCUT2D eigenvalue weighted by Crippen LogP contribution is -2.28. The molecule has 0 bridgehead atoms. The molecule has 0 spiro atoms. The number of pyridine rings is 1. The van der Waals surface area contributed by atoms with Crippen LogP contribution < -0.4 is 0 Å². The van der Waals surface area contributed by atoms with Crippen LogP contribution in [0.4, 0.5) is 0 Å². The largest absolute Gasteiger partial charge is 0.465 e. The molecule has 6 nitrogen and oxygen atoms in total. The van der Waals surface area contributed by atoms with E-state index < -0.39 is 23.5 Å². The third-order valence-electron chi connectivity index (χ3n) is 2.39. The molecule has 1 unspecified atom stereocenters. The van der Waals surface area contributed by atoms with Gasteiger partial charge in [0, 0.05) is 6.20 Å². The highest BCUT2D eigenvalue weighted by atomic mass is 35.5. The van der Waals surface area contributed by atoms with E-state index >= 15 is 0 Å². The van der Waals surface area contributed by atoms with Crippen molar-refractivity contribution in [2.24, 2.45) is 0 Å². The minimum atomic E-state index is -1.29. The Morgan fingerprint density at radius 3 is 2.52 bits per heavy atom. The van der Waals surface area contributed by atoms with E-state index in [0.29, 0.717) is 0 Å². The Hall–Kier alpha value is -2.13. The van der Waals surface area contributed by atoms with Gasteiger partial charge in [0.1, 0.15) is 10.8 Å². The van der Waals surface area contributed by atoms with Crippen molar-refractivity contribution in [1.82, 2.24) is 4.98 Å². The number of nitrogens with zero attached hydrogens (tertiary/aromatic N) is 2. The molecule has 0 aromatic carbocycles. The second kappa shape index (κ2) is 6.55. The van der Waals surface area contributed by atoms with Gasteiger partial charge >= 0.3 is 11.9 Å². The molecule has 1 atom stereocenters. The maximum atomic E-state index is 12.1. The van der Waals surface area contributed by atoms with Crippen LogP contribution in [-0.2, 0) is 14.3 Å². The summed E-state index contributed by atoms with van der Waals surface area (Å²) in [6.45, 7) is 5.04. The molecule has 0 aliphatic rings. The summed E-state index contributed by atoms with van der Waals surface area (Å²) < 4.78 is 9.78. The Labute approximate surface area is 127 Å². The zero-order chi connectivity index (χ0) is 16.2. The van der Waals surface area contributed by atoms with Crippen molar-refractivity contribution in [2.75, 3.05) is 7.11 Å². The summed E-state index contributed by atoms with van der Waals surface area (Å²) in [6, 6.07) is 3.10. The number of ether oxygens (including phenoxy) is 2. The summed E-state index contributed by atoms with van der Waals surface area (Å²) in [6.07, 6.45) is 1.16. The molecular weight excluding hydrogens is 296 g/mol. The summed E-state index contributed by atoms with van der Waals surface area (Å²) in [4.78, 5) is 27.6. The van der Waals surface area contributed by atoms with Gasteiger partial charge in [-0.3, -0.25) is 4.79 Å². The van der Waals surface area contributed by atoms with E-state index in [1.54, 1.807) is 20.8 Å². The first-order valence-corrected chi connectivity index (χ1v) is 6.43. The summed E-state index contributed by atoms with van der Waals surface area (Å²) in [5.74, 6) is -2.77. The van der Waals surface area contributed by atoms with Gasteiger partial charge < -0.3 is 9.47 Å². The van der Waals surface area contributed by atoms with Crippen molar-refractivity contribution >= 4 is 23.5 Å². The van der Waals surface area contributed by atoms with Crippen LogP contribution in [0, 0.1) is 11.3 Å². The molecule has 1 rings (SSSR count). The number of hydrogen-bond acceptors (Lipinski definition) is 6. The Morgan fingerprint density at radius 1 is 1.43 bits per heavy atom. The summed E-state index contributed by atoms with van der Waals surface area (Å²) in [5, 5.41) is 9.31. The zero-order valence-electron chi connectivity index (χ0n) is 12.1. The molecule has 1 aromatic heterocycles. The van der Waals surface area contributed by atoms with E-state index in [9.17, 15) is 14.9 Å². The van der Waals surface area contributed by atoms with E-state index in [4.69, 9.17) is 16.3 Å². The van der Waals surface area contributed by atoms with E-state index in [-0.39, 0.29) is 16.3 Å². The fourth-order valence-corrected chi connectivity index (χ4v) is 1.74. The van der Waals surface area contributed by atoms with Gasteiger partial charge in [-0.2, -0.15) is 5.26 Å². The molecule has 1 aromatic rings. The number of aromatic nitrogens is 1. The van der Waals surface area contributed by atoms with Crippen LogP contribution in [0.3, 0.4) is 0 Å². The number of esters is 2. The molecule has 0 N–H and O–H groups in total. The first-order valence-electron chi connectivity index (χ1n) is 6.06. The second-order valence-corrected chi connectivity index (χ2v) is 5.57. The van der Waals surface area contributed by atoms with Crippen LogP contribution in [-0.4, -0.2) is 29.6 Å². The van der Waals surface area contributed by atoms with Gasteiger partial charge in [-0.25, -0.2) is 9.78 Å². The van der Waals surface area contributed by atoms with Gasteiger partial charge in [-0.1, -0.05) is 11.6 Å². The Balaban J connectivity index is 3.28. The maximum Gasteiger partial charge on any atom is 0.339 e. The highest BCUT2D eigenvalue weighted by Crippen LogP contribution is 2.25. The number of carbonyl (C=O) groups is 2. The highest BCUT2D eigenvalue weighted by Gasteiger charge is 2.30. The number of methoxy groups -OCH3 is 1. The second-order valence-electron chi connectivity index (χ2n) is 5.18. The first-order chi connectivity index (χ1) is 9.69. The Kier molecular flexibility index (Phi) is 5.28. The third-order valence-corrected chi connectivity index (χ3v) is 2.60. The minimum absolute atomic E-state index is 0.000640. The molecule has 0 aliphatic heterocycles. The molecule has 0 radical (unpaired) electrons. The lowest BCUT2D eigenvalue weighted by Gasteiger charge is -2.22. The van der Waals surface area contributed by atoms with Crippen molar-refractivity contribution in [3.8, 4) is 6.07 Å². The third kappa shape index (κ3) is 4.43. The average Bonchev–Trinajstić information content (AvgIpc) is 2.37. The molecule has 0 amide bonds. The quantitative estimate of drug-likeness (QED) is 0.629. The summed E-state index contributed by atoms with van der Waals surface area (Å²) in [7, 11) is 1.19. The highest BCUT2D eigenvalue weighted by molar-refractivity contribution is 6.29. The van der Waals surface area contributed by atoms with Crippen LogP contribution in [0.1, 0.15) is 42.6 Å². The van der Waals surface area contributed by atoms with Gasteiger partial charge in [-0.15, -0.1) is 0 Å². The molecule has 0 aliphatic carbocycles. The SMILES string of the molecule is COC(=O)c1cnc(Cl)cc1C(C#N)C(=O)OC(C)(C)C. The molecule has 7 heteroatoms. The smallest absolute Gasteiger partial charge is 0.339 e. The van der Waals surface area contributed by atoms with E-state index in [1.807, 2.05) is 6.07 Å².